The molecule has 0 radical (unpaired) electrons. The lowest BCUT2D eigenvalue weighted by atomic mass is 9.81. The van der Waals surface area contributed by atoms with E-state index in [0.717, 1.165) is 11.3 Å². The second-order valence-corrected chi connectivity index (χ2v) is 10.7. The first-order chi connectivity index (χ1) is 18.6. The first-order valence-corrected chi connectivity index (χ1v) is 13.6. The summed E-state index contributed by atoms with van der Waals surface area (Å²) in [6, 6.07) is 13.6. The number of aromatic nitrogens is 2. The lowest BCUT2D eigenvalue weighted by Crippen LogP contribution is -2.23. The van der Waals surface area contributed by atoms with Crippen molar-refractivity contribution in [3.05, 3.63) is 100 Å². The number of hydrogen-bond donors (Lipinski definition) is 1. The molecule has 1 heterocycles. The van der Waals surface area contributed by atoms with Crippen molar-refractivity contribution in [2.75, 3.05) is 20.3 Å². The Balaban J connectivity index is 1.70. The van der Waals surface area contributed by atoms with E-state index in [4.69, 9.17) is 26.8 Å². The van der Waals surface area contributed by atoms with Gasteiger partial charge in [-0.25, -0.2) is 18.2 Å². The van der Waals surface area contributed by atoms with Crippen molar-refractivity contribution in [2.45, 2.75) is 36.6 Å². The van der Waals surface area contributed by atoms with Crippen molar-refractivity contribution >= 4 is 23.4 Å². The summed E-state index contributed by atoms with van der Waals surface area (Å²) in [5.74, 6) is -0.669. The molecule has 0 aliphatic carbocycles. The zero-order chi connectivity index (χ0) is 28.2. The van der Waals surface area contributed by atoms with Crippen molar-refractivity contribution in [3.63, 3.8) is 0 Å². The first kappa shape index (κ1) is 28.9. The number of thioether (sulfide) groups is 1. The van der Waals surface area contributed by atoms with Gasteiger partial charge in [-0.05, 0) is 61.0 Å². The van der Waals surface area contributed by atoms with E-state index in [-0.39, 0.29) is 22.3 Å². The number of nitrogens with zero attached hydrogens (tertiary/aromatic N) is 2. The molecule has 0 fully saturated rings. The van der Waals surface area contributed by atoms with Gasteiger partial charge in [0.1, 0.15) is 17.4 Å². The van der Waals surface area contributed by atoms with Crippen LogP contribution in [0.4, 0.5) is 13.2 Å². The van der Waals surface area contributed by atoms with Crippen molar-refractivity contribution in [1.29, 1.82) is 0 Å². The van der Waals surface area contributed by atoms with E-state index in [0.29, 0.717) is 41.7 Å². The average Bonchev–Trinajstić information content (AvgIpc) is 3.34. The fraction of sp³-hybridized carbons (Fsp3) is 0.276. The maximum Gasteiger partial charge on any atom is 0.173 e. The summed E-state index contributed by atoms with van der Waals surface area (Å²) in [6.07, 6.45) is 2.36. The van der Waals surface area contributed by atoms with E-state index in [9.17, 15) is 13.2 Å². The molecule has 5 nitrogen and oxygen atoms in total. The second kappa shape index (κ2) is 12.4. The van der Waals surface area contributed by atoms with Crippen LogP contribution >= 0.6 is 23.4 Å². The zero-order valence-electron chi connectivity index (χ0n) is 21.8. The zero-order valence-corrected chi connectivity index (χ0v) is 23.4. The van der Waals surface area contributed by atoms with Crippen molar-refractivity contribution in [1.82, 2.24) is 9.55 Å². The molecule has 0 amide bonds. The smallest absolute Gasteiger partial charge is 0.173 e. The molecule has 39 heavy (non-hydrogen) atoms. The Morgan fingerprint density at radius 1 is 1.03 bits per heavy atom. The lowest BCUT2D eigenvalue weighted by Gasteiger charge is -2.28. The molecule has 0 atom stereocenters. The molecule has 0 spiro atoms. The average molecular weight is 576 g/mol. The molecular weight excluding hydrogens is 547 g/mol. The number of ether oxygens (including phenoxy) is 2. The van der Waals surface area contributed by atoms with Crippen molar-refractivity contribution in [3.8, 4) is 17.2 Å². The highest BCUT2D eigenvalue weighted by atomic mass is 35.5. The molecule has 0 saturated carbocycles. The molecule has 2 N–H and O–H groups in total. The molecule has 0 bridgehead atoms. The number of imidazole rings is 1. The Morgan fingerprint density at radius 3 is 2.44 bits per heavy atom. The third-order valence-electron chi connectivity index (χ3n) is 6.40. The van der Waals surface area contributed by atoms with Gasteiger partial charge in [-0.2, -0.15) is 0 Å². The molecule has 1 aromatic heterocycles. The summed E-state index contributed by atoms with van der Waals surface area (Å²) in [7, 11) is 1.41. The summed E-state index contributed by atoms with van der Waals surface area (Å²) >= 11 is 7.71. The summed E-state index contributed by atoms with van der Waals surface area (Å²) in [5.41, 5.74) is 7.36. The van der Waals surface area contributed by atoms with Gasteiger partial charge >= 0.3 is 0 Å². The van der Waals surface area contributed by atoms with E-state index in [1.54, 1.807) is 36.5 Å². The van der Waals surface area contributed by atoms with E-state index < -0.39 is 17.0 Å². The number of nitrogens with two attached hydrogens (primary N) is 1. The van der Waals surface area contributed by atoms with Crippen LogP contribution in [-0.2, 0) is 11.2 Å². The fourth-order valence-corrected chi connectivity index (χ4v) is 5.50. The lowest BCUT2D eigenvalue weighted by molar-refractivity contribution is 0.311. The summed E-state index contributed by atoms with van der Waals surface area (Å²) in [6.45, 7) is 4.79. The van der Waals surface area contributed by atoms with E-state index in [1.807, 2.05) is 18.4 Å². The van der Waals surface area contributed by atoms with Crippen LogP contribution in [0.3, 0.4) is 0 Å². The number of rotatable bonds is 11. The molecule has 0 aliphatic rings. The van der Waals surface area contributed by atoms with Gasteiger partial charge in [0, 0.05) is 28.5 Å². The molecule has 4 rings (SSSR count). The fourth-order valence-electron chi connectivity index (χ4n) is 4.12. The van der Waals surface area contributed by atoms with Gasteiger partial charge in [0.25, 0.3) is 0 Å². The van der Waals surface area contributed by atoms with Gasteiger partial charge in [0.2, 0.25) is 0 Å². The van der Waals surface area contributed by atoms with Crippen LogP contribution in [-0.4, -0.2) is 29.8 Å². The maximum absolute atomic E-state index is 15.0. The number of benzene rings is 3. The van der Waals surface area contributed by atoms with Gasteiger partial charge in [-0.1, -0.05) is 43.3 Å². The van der Waals surface area contributed by atoms with Crippen molar-refractivity contribution in [2.24, 2.45) is 5.73 Å². The minimum atomic E-state index is -0.660. The predicted molar refractivity (Wildman–Crippen MR) is 149 cm³/mol. The van der Waals surface area contributed by atoms with Crippen LogP contribution in [0.15, 0.2) is 66.0 Å². The Bertz CT molecular complexity index is 1420. The second-order valence-electron chi connectivity index (χ2n) is 9.36. The maximum atomic E-state index is 15.0. The topological polar surface area (TPSA) is 62.3 Å². The van der Waals surface area contributed by atoms with Crippen LogP contribution in [0.25, 0.3) is 5.69 Å². The number of methoxy groups -OCH3 is 1. The normalized spacial score (nSPS) is 11.6. The first-order valence-electron chi connectivity index (χ1n) is 12.3. The minimum Gasteiger partial charge on any atom is -0.494 e. The van der Waals surface area contributed by atoms with Gasteiger partial charge in [0.15, 0.2) is 16.7 Å². The molecule has 206 valence electrons. The molecular formula is C29H29ClF3N3O2S. The van der Waals surface area contributed by atoms with Gasteiger partial charge in [0.05, 0.1) is 30.6 Å². The third kappa shape index (κ3) is 6.37. The highest BCUT2D eigenvalue weighted by molar-refractivity contribution is 7.98. The van der Waals surface area contributed by atoms with Crippen LogP contribution in [0.5, 0.6) is 11.5 Å². The number of halogens is 4. The Labute approximate surface area is 235 Å². The summed E-state index contributed by atoms with van der Waals surface area (Å²) in [5, 5.41) is 0.793. The molecule has 10 heteroatoms. The Morgan fingerprint density at radius 2 is 1.77 bits per heavy atom. The van der Waals surface area contributed by atoms with E-state index in [2.05, 4.69) is 4.98 Å². The monoisotopic (exact) mass is 575 g/mol. The third-order valence-corrected chi connectivity index (χ3v) is 7.72. The molecule has 0 saturated heterocycles. The Hall–Kier alpha value is -3.14. The van der Waals surface area contributed by atoms with Crippen LogP contribution in [0.2, 0.25) is 5.02 Å². The van der Waals surface area contributed by atoms with Gasteiger partial charge in [-0.15, -0.1) is 0 Å². The molecule has 4 aromatic rings. The largest absolute Gasteiger partial charge is 0.494 e. The van der Waals surface area contributed by atoms with Crippen LogP contribution in [0.1, 0.15) is 37.1 Å². The van der Waals surface area contributed by atoms with Gasteiger partial charge < -0.3 is 15.2 Å². The van der Waals surface area contributed by atoms with E-state index in [1.165, 1.54) is 43.1 Å². The van der Waals surface area contributed by atoms with Gasteiger partial charge in [-0.3, -0.25) is 4.57 Å². The standard InChI is InChI=1S/C29H29ClF3N3O2S/c1-29(2,18-5-10-24(32)26(13-18)37-3)27-16-35-28(36(27)20-8-6-19(31)7-9-20)39-17-22-23(30)14-21(15-25(22)33)38-12-4-11-34/h5-10,13-16H,4,11-12,17,34H2,1-3H3. The molecule has 0 aliphatic heterocycles. The molecule has 0 unspecified atom stereocenters. The highest BCUT2D eigenvalue weighted by Gasteiger charge is 2.30. The van der Waals surface area contributed by atoms with E-state index >= 15 is 0 Å². The van der Waals surface area contributed by atoms with Crippen LogP contribution in [0, 0.1) is 17.5 Å². The number of hydrogen-bond acceptors (Lipinski definition) is 5. The SMILES string of the molecule is COc1cc(C(C)(C)c2cnc(SCc3c(F)cc(OCCCN)cc3Cl)n2-c2ccc(F)cc2)ccc1F. The molecule has 3 aromatic carbocycles. The highest BCUT2D eigenvalue weighted by Crippen LogP contribution is 2.39. The van der Waals surface area contributed by atoms with Crippen molar-refractivity contribution < 1.29 is 22.6 Å². The quantitative estimate of drug-likeness (QED) is 0.150. The Kier molecular flexibility index (Phi) is 9.15. The predicted octanol–water partition coefficient (Wildman–Crippen LogP) is 7.30. The minimum absolute atomic E-state index is 0.128. The summed E-state index contributed by atoms with van der Waals surface area (Å²) in [4.78, 5) is 4.63. The summed E-state index contributed by atoms with van der Waals surface area (Å²) < 4.78 is 55.5. The van der Waals surface area contributed by atoms with Crippen LogP contribution < -0.4 is 15.2 Å².